The minimum atomic E-state index is -0.280. The largest absolute Gasteiger partial charge is 0.311 e. The lowest BCUT2D eigenvalue weighted by Crippen LogP contribution is -2.42. The number of carbonyl (C=O) groups excluding carboxylic acids is 2. The van der Waals surface area contributed by atoms with Gasteiger partial charge in [0.2, 0.25) is 11.8 Å². The predicted octanol–water partition coefficient (Wildman–Crippen LogP) is 4.71. The van der Waals surface area contributed by atoms with E-state index in [0.717, 1.165) is 11.3 Å². The number of benzene rings is 2. The van der Waals surface area contributed by atoms with E-state index in [-0.39, 0.29) is 23.4 Å². The number of rotatable bonds is 5. The molecule has 0 saturated heterocycles. The maximum Gasteiger partial charge on any atom is 0.247 e. The summed E-state index contributed by atoms with van der Waals surface area (Å²) in [7, 11) is 0. The van der Waals surface area contributed by atoms with Crippen LogP contribution in [0, 0.1) is 6.92 Å². The maximum absolute atomic E-state index is 12.8. The van der Waals surface area contributed by atoms with E-state index in [1.54, 1.807) is 23.1 Å². The van der Waals surface area contributed by atoms with Crippen molar-refractivity contribution in [3.8, 4) is 0 Å². The first-order valence-electron chi connectivity index (χ1n) is 7.94. The van der Waals surface area contributed by atoms with Gasteiger partial charge in [0.05, 0.1) is 15.7 Å². The van der Waals surface area contributed by atoms with Gasteiger partial charge >= 0.3 is 0 Å². The molecule has 0 saturated carbocycles. The van der Waals surface area contributed by atoms with Gasteiger partial charge < -0.3 is 9.80 Å². The van der Waals surface area contributed by atoms with Gasteiger partial charge in [-0.15, -0.1) is 0 Å². The molecular weight excluding hydrogens is 359 g/mol. The first-order chi connectivity index (χ1) is 11.8. The van der Waals surface area contributed by atoms with Crippen molar-refractivity contribution >= 4 is 46.4 Å². The van der Waals surface area contributed by atoms with Crippen LogP contribution >= 0.6 is 23.2 Å². The first-order valence-corrected chi connectivity index (χ1v) is 8.70. The van der Waals surface area contributed by atoms with Crippen molar-refractivity contribution in [2.45, 2.75) is 20.8 Å². The van der Waals surface area contributed by atoms with Crippen molar-refractivity contribution in [1.29, 1.82) is 0 Å². The number of carbonyl (C=O) groups is 2. The Labute approximate surface area is 157 Å². The van der Waals surface area contributed by atoms with Crippen LogP contribution in [0.1, 0.15) is 19.4 Å². The number of aryl methyl sites for hydroxylation is 1. The summed E-state index contributed by atoms with van der Waals surface area (Å²) < 4.78 is 0. The maximum atomic E-state index is 12.8. The zero-order chi connectivity index (χ0) is 18.6. The Hall–Kier alpha value is -2.04. The Morgan fingerprint density at radius 2 is 1.72 bits per heavy atom. The number of likely N-dealkylation sites (N-methyl/N-ethyl adjacent to an activating group) is 1. The number of anilines is 2. The topological polar surface area (TPSA) is 40.6 Å². The molecule has 25 heavy (non-hydrogen) atoms. The first kappa shape index (κ1) is 19.3. The molecule has 4 nitrogen and oxygen atoms in total. The van der Waals surface area contributed by atoms with E-state index in [0.29, 0.717) is 17.3 Å². The van der Waals surface area contributed by atoms with E-state index in [4.69, 9.17) is 23.2 Å². The van der Waals surface area contributed by atoms with E-state index >= 15 is 0 Å². The Morgan fingerprint density at radius 3 is 2.32 bits per heavy atom. The second-order valence-electron chi connectivity index (χ2n) is 5.66. The molecule has 0 unspecified atom stereocenters. The van der Waals surface area contributed by atoms with Crippen LogP contribution in [0.2, 0.25) is 10.0 Å². The number of hydrogen-bond donors (Lipinski definition) is 0. The van der Waals surface area contributed by atoms with Crippen molar-refractivity contribution in [2.24, 2.45) is 0 Å². The smallest absolute Gasteiger partial charge is 0.247 e. The minimum absolute atomic E-state index is 0.114. The molecular formula is C19H20Cl2N2O2. The van der Waals surface area contributed by atoms with Crippen molar-refractivity contribution in [2.75, 3.05) is 22.9 Å². The van der Waals surface area contributed by atoms with Gasteiger partial charge in [-0.25, -0.2) is 0 Å². The lowest BCUT2D eigenvalue weighted by Gasteiger charge is -2.27. The van der Waals surface area contributed by atoms with Gasteiger partial charge in [-0.3, -0.25) is 9.59 Å². The molecule has 0 fully saturated rings. The summed E-state index contributed by atoms with van der Waals surface area (Å²) in [6.07, 6.45) is 0. The van der Waals surface area contributed by atoms with E-state index < -0.39 is 0 Å². The summed E-state index contributed by atoms with van der Waals surface area (Å²) in [6, 6.07) is 12.7. The Kier molecular flexibility index (Phi) is 6.45. The normalized spacial score (nSPS) is 10.4. The number of nitrogens with zero attached hydrogens (tertiary/aromatic N) is 2. The van der Waals surface area contributed by atoms with Crippen LogP contribution in [0.25, 0.3) is 0 Å². The van der Waals surface area contributed by atoms with Gasteiger partial charge in [0.15, 0.2) is 0 Å². The molecule has 0 bridgehead atoms. The van der Waals surface area contributed by atoms with Crippen molar-refractivity contribution in [3.63, 3.8) is 0 Å². The molecule has 0 aliphatic heterocycles. The lowest BCUT2D eigenvalue weighted by molar-refractivity contribution is -0.121. The SMILES string of the molecule is CCN(C(=O)CN(C(C)=O)c1cccc(Cl)c1Cl)c1cccc(C)c1. The molecule has 0 aliphatic rings. The van der Waals surface area contributed by atoms with Crippen LogP contribution in [0.5, 0.6) is 0 Å². The third-order valence-corrected chi connectivity index (χ3v) is 4.64. The highest BCUT2D eigenvalue weighted by molar-refractivity contribution is 6.44. The third-order valence-electron chi connectivity index (χ3n) is 3.83. The number of halogens is 2. The molecule has 132 valence electrons. The molecule has 2 amide bonds. The summed E-state index contributed by atoms with van der Waals surface area (Å²) in [5.74, 6) is -0.475. The van der Waals surface area contributed by atoms with Crippen LogP contribution in [-0.2, 0) is 9.59 Å². The number of hydrogen-bond acceptors (Lipinski definition) is 2. The van der Waals surface area contributed by atoms with Crippen LogP contribution in [0.4, 0.5) is 11.4 Å². The molecule has 2 aromatic rings. The predicted molar refractivity (Wildman–Crippen MR) is 104 cm³/mol. The second kappa shape index (κ2) is 8.37. The molecule has 0 spiro atoms. The Morgan fingerprint density at radius 1 is 1.04 bits per heavy atom. The summed E-state index contributed by atoms with van der Waals surface area (Å²) >= 11 is 12.3. The average Bonchev–Trinajstić information content (AvgIpc) is 2.56. The van der Waals surface area contributed by atoms with Crippen LogP contribution in [-0.4, -0.2) is 24.9 Å². The molecule has 0 aliphatic carbocycles. The zero-order valence-corrected chi connectivity index (χ0v) is 15.9. The standard InChI is InChI=1S/C19H20Cl2N2O2/c1-4-22(15-8-5-7-13(2)11-15)18(25)12-23(14(3)24)17-10-6-9-16(20)19(17)21/h5-11H,4,12H2,1-3H3. The van der Waals surface area contributed by atoms with E-state index in [1.165, 1.54) is 11.8 Å². The van der Waals surface area contributed by atoms with Gasteiger partial charge in [0.25, 0.3) is 0 Å². The Bertz CT molecular complexity index is 793. The van der Waals surface area contributed by atoms with Gasteiger partial charge in [-0.1, -0.05) is 41.4 Å². The summed E-state index contributed by atoms with van der Waals surface area (Å²) in [4.78, 5) is 27.9. The van der Waals surface area contributed by atoms with Crippen LogP contribution < -0.4 is 9.80 Å². The van der Waals surface area contributed by atoms with Crippen molar-refractivity contribution in [3.05, 3.63) is 58.1 Å². The molecule has 6 heteroatoms. The fraction of sp³-hybridized carbons (Fsp3) is 0.263. The van der Waals surface area contributed by atoms with Gasteiger partial charge in [-0.2, -0.15) is 0 Å². The molecule has 0 radical (unpaired) electrons. The summed E-state index contributed by atoms with van der Waals surface area (Å²) in [5.41, 5.74) is 2.29. The molecule has 0 N–H and O–H groups in total. The van der Waals surface area contributed by atoms with Crippen LogP contribution in [0.15, 0.2) is 42.5 Å². The van der Waals surface area contributed by atoms with Crippen molar-refractivity contribution < 1.29 is 9.59 Å². The summed E-state index contributed by atoms with van der Waals surface area (Å²) in [6.45, 7) is 5.64. The van der Waals surface area contributed by atoms with Crippen molar-refractivity contribution in [1.82, 2.24) is 0 Å². The van der Waals surface area contributed by atoms with E-state index in [9.17, 15) is 9.59 Å². The third kappa shape index (κ3) is 4.53. The molecule has 0 heterocycles. The monoisotopic (exact) mass is 378 g/mol. The van der Waals surface area contributed by atoms with E-state index in [2.05, 4.69) is 0 Å². The highest BCUT2D eigenvalue weighted by Gasteiger charge is 2.23. The molecule has 0 atom stereocenters. The summed E-state index contributed by atoms with van der Waals surface area (Å²) in [5, 5.41) is 0.592. The molecule has 2 aromatic carbocycles. The second-order valence-corrected chi connectivity index (χ2v) is 6.44. The van der Waals surface area contributed by atoms with Gasteiger partial charge in [0.1, 0.15) is 6.54 Å². The number of amides is 2. The van der Waals surface area contributed by atoms with Crippen LogP contribution in [0.3, 0.4) is 0 Å². The average molecular weight is 379 g/mol. The zero-order valence-electron chi connectivity index (χ0n) is 14.4. The lowest BCUT2D eigenvalue weighted by atomic mass is 10.2. The highest BCUT2D eigenvalue weighted by atomic mass is 35.5. The highest BCUT2D eigenvalue weighted by Crippen LogP contribution is 2.32. The van der Waals surface area contributed by atoms with Gasteiger partial charge in [-0.05, 0) is 43.7 Å². The fourth-order valence-corrected chi connectivity index (χ4v) is 2.98. The Balaban J connectivity index is 2.31. The quantitative estimate of drug-likeness (QED) is 0.755. The van der Waals surface area contributed by atoms with Gasteiger partial charge in [0, 0.05) is 19.2 Å². The molecule has 2 rings (SSSR count). The molecule has 0 aromatic heterocycles. The minimum Gasteiger partial charge on any atom is -0.311 e. The fourth-order valence-electron chi connectivity index (χ4n) is 2.59. The van der Waals surface area contributed by atoms with E-state index in [1.807, 2.05) is 38.1 Å².